The SMILES string of the molecule is CCC1(O)CN(C(=O)c2c[nH]c(=O)cn2)C1. The summed E-state index contributed by atoms with van der Waals surface area (Å²) < 4.78 is 0. The molecular formula is C10H13N3O3. The lowest BCUT2D eigenvalue weighted by Crippen LogP contribution is -2.63. The first-order valence-corrected chi connectivity index (χ1v) is 5.10. The fraction of sp³-hybridized carbons (Fsp3) is 0.500. The van der Waals surface area contributed by atoms with Gasteiger partial charge in [-0.25, -0.2) is 4.98 Å². The third kappa shape index (κ3) is 1.83. The maximum atomic E-state index is 11.8. The molecule has 0 aromatic carbocycles. The number of amides is 1. The number of aromatic amines is 1. The number of hydrogen-bond donors (Lipinski definition) is 2. The average molecular weight is 223 g/mol. The number of β-amino-alcohol motifs (C(OH)–C–C–N with tert-alkyl or cyclic N) is 1. The Morgan fingerprint density at radius 2 is 2.38 bits per heavy atom. The molecule has 1 aliphatic rings. The summed E-state index contributed by atoms with van der Waals surface area (Å²) in [5, 5.41) is 9.76. The van der Waals surface area contributed by atoms with E-state index in [2.05, 4.69) is 9.97 Å². The minimum Gasteiger partial charge on any atom is -0.386 e. The number of rotatable bonds is 2. The van der Waals surface area contributed by atoms with Crippen LogP contribution in [0.5, 0.6) is 0 Å². The highest BCUT2D eigenvalue weighted by Gasteiger charge is 2.42. The second-order valence-corrected chi connectivity index (χ2v) is 4.04. The molecular weight excluding hydrogens is 210 g/mol. The molecule has 2 heterocycles. The summed E-state index contributed by atoms with van der Waals surface area (Å²) in [4.78, 5) is 30.2. The molecule has 1 aromatic heterocycles. The molecule has 86 valence electrons. The summed E-state index contributed by atoms with van der Waals surface area (Å²) in [5.41, 5.74) is -0.902. The third-order valence-corrected chi connectivity index (χ3v) is 2.81. The van der Waals surface area contributed by atoms with Gasteiger partial charge in [-0.15, -0.1) is 0 Å². The number of H-pyrrole nitrogens is 1. The van der Waals surface area contributed by atoms with Crippen LogP contribution in [0.2, 0.25) is 0 Å². The van der Waals surface area contributed by atoms with Crippen molar-refractivity contribution in [1.82, 2.24) is 14.9 Å². The number of likely N-dealkylation sites (tertiary alicyclic amines) is 1. The number of carbonyl (C=O) groups excluding carboxylic acids is 1. The molecule has 1 saturated heterocycles. The lowest BCUT2D eigenvalue weighted by Gasteiger charge is -2.45. The van der Waals surface area contributed by atoms with E-state index in [4.69, 9.17) is 0 Å². The first kappa shape index (κ1) is 10.8. The predicted octanol–water partition coefficient (Wildman–Crippen LogP) is -0.633. The Bertz CT molecular complexity index is 442. The van der Waals surface area contributed by atoms with E-state index in [1.54, 1.807) is 0 Å². The largest absolute Gasteiger partial charge is 0.386 e. The van der Waals surface area contributed by atoms with E-state index in [-0.39, 0.29) is 17.2 Å². The quantitative estimate of drug-likeness (QED) is 0.698. The van der Waals surface area contributed by atoms with Crippen molar-refractivity contribution >= 4 is 5.91 Å². The lowest BCUT2D eigenvalue weighted by atomic mass is 9.91. The highest BCUT2D eigenvalue weighted by atomic mass is 16.3. The van der Waals surface area contributed by atoms with Gasteiger partial charge in [0.15, 0.2) is 0 Å². The van der Waals surface area contributed by atoms with E-state index in [1.807, 2.05) is 6.92 Å². The van der Waals surface area contributed by atoms with Gasteiger partial charge in [-0.2, -0.15) is 0 Å². The number of carbonyl (C=O) groups is 1. The molecule has 1 fully saturated rings. The number of nitrogens with one attached hydrogen (secondary N) is 1. The Labute approximate surface area is 91.9 Å². The van der Waals surface area contributed by atoms with E-state index in [0.29, 0.717) is 19.5 Å². The van der Waals surface area contributed by atoms with Crippen molar-refractivity contribution in [1.29, 1.82) is 0 Å². The molecule has 0 bridgehead atoms. The first-order valence-electron chi connectivity index (χ1n) is 5.10. The van der Waals surface area contributed by atoms with Gasteiger partial charge in [-0.3, -0.25) is 9.59 Å². The highest BCUT2D eigenvalue weighted by molar-refractivity contribution is 5.92. The van der Waals surface area contributed by atoms with Crippen molar-refractivity contribution in [3.63, 3.8) is 0 Å². The van der Waals surface area contributed by atoms with Crippen LogP contribution in [0.3, 0.4) is 0 Å². The van der Waals surface area contributed by atoms with E-state index < -0.39 is 5.60 Å². The van der Waals surface area contributed by atoms with Gasteiger partial charge in [-0.1, -0.05) is 6.92 Å². The van der Waals surface area contributed by atoms with E-state index in [1.165, 1.54) is 11.1 Å². The zero-order valence-corrected chi connectivity index (χ0v) is 8.93. The third-order valence-electron chi connectivity index (χ3n) is 2.81. The summed E-state index contributed by atoms with van der Waals surface area (Å²) in [6, 6.07) is 0. The summed E-state index contributed by atoms with van der Waals surface area (Å²) in [6.45, 7) is 2.52. The molecule has 0 saturated carbocycles. The maximum Gasteiger partial charge on any atom is 0.274 e. The van der Waals surface area contributed by atoms with Crippen LogP contribution in [-0.4, -0.2) is 44.6 Å². The first-order chi connectivity index (χ1) is 7.54. The zero-order valence-electron chi connectivity index (χ0n) is 8.93. The second kappa shape index (κ2) is 3.71. The normalized spacial score (nSPS) is 18.0. The van der Waals surface area contributed by atoms with Gasteiger partial charge in [-0.05, 0) is 6.42 Å². The van der Waals surface area contributed by atoms with Gasteiger partial charge in [0.1, 0.15) is 5.69 Å². The Morgan fingerprint density at radius 3 is 2.88 bits per heavy atom. The Kier molecular flexibility index (Phi) is 2.51. The molecule has 0 spiro atoms. The van der Waals surface area contributed by atoms with Crippen LogP contribution in [-0.2, 0) is 0 Å². The van der Waals surface area contributed by atoms with Gasteiger partial charge in [0, 0.05) is 6.20 Å². The van der Waals surface area contributed by atoms with Crippen LogP contribution in [0.15, 0.2) is 17.2 Å². The summed E-state index contributed by atoms with van der Waals surface area (Å²) in [6.07, 6.45) is 2.98. The van der Waals surface area contributed by atoms with Crippen LogP contribution in [0.4, 0.5) is 0 Å². The fourth-order valence-corrected chi connectivity index (χ4v) is 1.65. The van der Waals surface area contributed by atoms with Gasteiger partial charge in [0.05, 0.1) is 24.9 Å². The van der Waals surface area contributed by atoms with Crippen molar-refractivity contribution in [2.45, 2.75) is 18.9 Å². The molecule has 16 heavy (non-hydrogen) atoms. The minimum atomic E-state index is -0.752. The monoisotopic (exact) mass is 223 g/mol. The van der Waals surface area contributed by atoms with Crippen molar-refractivity contribution < 1.29 is 9.90 Å². The molecule has 0 atom stereocenters. The molecule has 6 heteroatoms. The summed E-state index contributed by atoms with van der Waals surface area (Å²) in [5.74, 6) is -0.269. The van der Waals surface area contributed by atoms with E-state index >= 15 is 0 Å². The number of aromatic nitrogens is 2. The maximum absolute atomic E-state index is 11.8. The highest BCUT2D eigenvalue weighted by Crippen LogP contribution is 2.24. The van der Waals surface area contributed by atoms with Crippen LogP contribution >= 0.6 is 0 Å². The van der Waals surface area contributed by atoms with Crippen LogP contribution in [0, 0.1) is 0 Å². The van der Waals surface area contributed by atoms with E-state index in [9.17, 15) is 14.7 Å². The summed E-state index contributed by atoms with van der Waals surface area (Å²) >= 11 is 0. The lowest BCUT2D eigenvalue weighted by molar-refractivity contribution is -0.0828. The zero-order chi connectivity index (χ0) is 11.8. The number of nitrogens with zero attached hydrogens (tertiary/aromatic N) is 2. The van der Waals surface area contributed by atoms with Crippen molar-refractivity contribution in [3.8, 4) is 0 Å². The second-order valence-electron chi connectivity index (χ2n) is 4.04. The van der Waals surface area contributed by atoms with Crippen molar-refractivity contribution in [3.05, 3.63) is 28.4 Å². The Balaban J connectivity index is 2.05. The van der Waals surface area contributed by atoms with Crippen LogP contribution < -0.4 is 5.56 Å². The molecule has 1 aliphatic heterocycles. The Hall–Kier alpha value is -1.69. The molecule has 2 rings (SSSR count). The number of hydrogen-bond acceptors (Lipinski definition) is 4. The molecule has 1 aromatic rings. The summed E-state index contributed by atoms with van der Waals surface area (Å²) in [7, 11) is 0. The molecule has 2 N–H and O–H groups in total. The Morgan fingerprint density at radius 1 is 1.69 bits per heavy atom. The van der Waals surface area contributed by atoms with Gasteiger partial charge in [0.2, 0.25) is 0 Å². The number of aliphatic hydroxyl groups is 1. The standard InChI is InChI=1S/C10H13N3O3/c1-2-10(16)5-13(6-10)9(15)7-3-12-8(14)4-11-7/h3-4,16H,2,5-6H2,1H3,(H,12,14). The van der Waals surface area contributed by atoms with Gasteiger partial charge >= 0.3 is 0 Å². The fourth-order valence-electron chi connectivity index (χ4n) is 1.65. The van der Waals surface area contributed by atoms with Gasteiger partial charge in [0.25, 0.3) is 11.5 Å². The van der Waals surface area contributed by atoms with Crippen molar-refractivity contribution in [2.75, 3.05) is 13.1 Å². The van der Waals surface area contributed by atoms with E-state index in [0.717, 1.165) is 6.20 Å². The van der Waals surface area contributed by atoms with Gasteiger partial charge < -0.3 is 15.0 Å². The average Bonchev–Trinajstić information content (AvgIpc) is 2.25. The molecule has 6 nitrogen and oxygen atoms in total. The smallest absolute Gasteiger partial charge is 0.274 e. The molecule has 1 amide bonds. The van der Waals surface area contributed by atoms with Crippen LogP contribution in [0.1, 0.15) is 23.8 Å². The topological polar surface area (TPSA) is 86.3 Å². The molecule has 0 aliphatic carbocycles. The molecule has 0 unspecified atom stereocenters. The minimum absolute atomic E-state index is 0.192. The van der Waals surface area contributed by atoms with Crippen LogP contribution in [0.25, 0.3) is 0 Å². The molecule has 0 radical (unpaired) electrons. The predicted molar refractivity (Wildman–Crippen MR) is 56.0 cm³/mol. The van der Waals surface area contributed by atoms with Crippen molar-refractivity contribution in [2.24, 2.45) is 0 Å².